The van der Waals surface area contributed by atoms with E-state index in [1.54, 1.807) is 6.92 Å². The van der Waals surface area contributed by atoms with Crippen LogP contribution in [0.3, 0.4) is 0 Å². The third kappa shape index (κ3) is 2.45. The summed E-state index contributed by atoms with van der Waals surface area (Å²) < 4.78 is 13.4. The maximum atomic E-state index is 13.4. The summed E-state index contributed by atoms with van der Waals surface area (Å²) in [6, 6.07) is 3.96. The lowest BCUT2D eigenvalue weighted by molar-refractivity contribution is 0.102. The van der Waals surface area contributed by atoms with Gasteiger partial charge in [0.15, 0.2) is 0 Å². The van der Waals surface area contributed by atoms with Crippen molar-refractivity contribution in [3.05, 3.63) is 46.5 Å². The zero-order valence-electron chi connectivity index (χ0n) is 8.92. The fourth-order valence-corrected chi connectivity index (χ4v) is 1.53. The molecule has 88 valence electrons. The zero-order valence-corrected chi connectivity index (χ0v) is 9.68. The molecule has 0 radical (unpaired) electrons. The summed E-state index contributed by atoms with van der Waals surface area (Å²) in [5.41, 5.74) is 1.03. The van der Waals surface area contributed by atoms with Crippen LogP contribution in [0, 0.1) is 12.7 Å². The second-order valence-corrected chi connectivity index (χ2v) is 3.92. The van der Waals surface area contributed by atoms with Crippen LogP contribution in [0.4, 0.5) is 10.1 Å². The second-order valence-electron chi connectivity index (χ2n) is 3.49. The first-order valence-electron chi connectivity index (χ1n) is 4.84. The molecule has 6 heteroatoms. The molecule has 0 unspecified atom stereocenters. The Morgan fingerprint density at radius 1 is 1.53 bits per heavy atom. The van der Waals surface area contributed by atoms with Crippen molar-refractivity contribution in [2.45, 2.75) is 6.92 Å². The molecule has 0 saturated carbocycles. The average Bonchev–Trinajstić information content (AvgIpc) is 2.70. The topological polar surface area (TPSA) is 57.8 Å². The van der Waals surface area contributed by atoms with Crippen LogP contribution in [0.15, 0.2) is 24.4 Å². The van der Waals surface area contributed by atoms with Crippen molar-refractivity contribution in [2.24, 2.45) is 0 Å². The van der Waals surface area contributed by atoms with Crippen molar-refractivity contribution >= 4 is 23.2 Å². The highest BCUT2D eigenvalue weighted by Gasteiger charge is 2.13. The molecule has 0 spiro atoms. The number of hydrogen-bond acceptors (Lipinski definition) is 2. The second kappa shape index (κ2) is 4.55. The molecular weight excluding hydrogens is 245 g/mol. The van der Waals surface area contributed by atoms with Crippen LogP contribution in [-0.2, 0) is 0 Å². The molecule has 1 amide bonds. The highest BCUT2D eigenvalue weighted by atomic mass is 35.5. The molecule has 2 rings (SSSR count). The van der Waals surface area contributed by atoms with Gasteiger partial charge in [0.05, 0.1) is 17.4 Å². The number of nitrogens with one attached hydrogen (secondary N) is 2. The van der Waals surface area contributed by atoms with Gasteiger partial charge in [-0.05, 0) is 25.1 Å². The summed E-state index contributed by atoms with van der Waals surface area (Å²) in [7, 11) is 0. The molecule has 1 aromatic heterocycles. The van der Waals surface area contributed by atoms with Crippen molar-refractivity contribution in [2.75, 3.05) is 5.32 Å². The molecular formula is C11H9ClFN3O. The van der Waals surface area contributed by atoms with Crippen molar-refractivity contribution in [3.8, 4) is 0 Å². The molecule has 1 aromatic carbocycles. The van der Waals surface area contributed by atoms with Crippen LogP contribution in [-0.4, -0.2) is 16.1 Å². The van der Waals surface area contributed by atoms with Crippen molar-refractivity contribution in [1.82, 2.24) is 10.2 Å². The SMILES string of the molecule is Cc1[nH]ncc1C(=O)Nc1cc(Cl)ccc1F. The predicted octanol–water partition coefficient (Wildman–Crippen LogP) is 2.76. The van der Waals surface area contributed by atoms with E-state index in [1.807, 2.05) is 0 Å². The number of benzene rings is 1. The van der Waals surface area contributed by atoms with E-state index >= 15 is 0 Å². The Hall–Kier alpha value is -1.88. The van der Waals surface area contributed by atoms with Crippen molar-refractivity contribution in [3.63, 3.8) is 0 Å². The Morgan fingerprint density at radius 3 is 2.94 bits per heavy atom. The third-order valence-electron chi connectivity index (χ3n) is 2.25. The summed E-state index contributed by atoms with van der Waals surface area (Å²) in [6.07, 6.45) is 1.38. The first-order valence-corrected chi connectivity index (χ1v) is 5.22. The smallest absolute Gasteiger partial charge is 0.259 e. The molecule has 4 nitrogen and oxygen atoms in total. The van der Waals surface area contributed by atoms with E-state index in [4.69, 9.17) is 11.6 Å². The van der Waals surface area contributed by atoms with E-state index in [1.165, 1.54) is 24.4 Å². The molecule has 0 fully saturated rings. The number of aromatic nitrogens is 2. The lowest BCUT2D eigenvalue weighted by atomic mass is 10.2. The Morgan fingerprint density at radius 2 is 2.29 bits per heavy atom. The van der Waals surface area contributed by atoms with Gasteiger partial charge in [-0.15, -0.1) is 0 Å². The number of rotatable bonds is 2. The van der Waals surface area contributed by atoms with Gasteiger partial charge in [0.2, 0.25) is 0 Å². The van der Waals surface area contributed by atoms with Gasteiger partial charge in [0, 0.05) is 10.7 Å². The number of aryl methyl sites for hydroxylation is 1. The van der Waals surface area contributed by atoms with E-state index in [2.05, 4.69) is 15.5 Å². The normalized spacial score (nSPS) is 10.3. The molecule has 1 heterocycles. The monoisotopic (exact) mass is 253 g/mol. The van der Waals surface area contributed by atoms with Crippen molar-refractivity contribution < 1.29 is 9.18 Å². The summed E-state index contributed by atoms with van der Waals surface area (Å²) in [5, 5.41) is 9.14. The standard InChI is InChI=1S/C11H9ClFN3O/c1-6-8(5-14-16-6)11(17)15-10-4-7(12)2-3-9(10)13/h2-5H,1H3,(H,14,16)(H,15,17). The third-order valence-corrected chi connectivity index (χ3v) is 2.49. The summed E-state index contributed by atoms with van der Waals surface area (Å²) in [5.74, 6) is -0.971. The molecule has 0 saturated heterocycles. The molecule has 0 atom stereocenters. The van der Waals surface area contributed by atoms with Crippen LogP contribution in [0.2, 0.25) is 5.02 Å². The number of amides is 1. The lowest BCUT2D eigenvalue weighted by Crippen LogP contribution is -2.13. The molecule has 0 aliphatic heterocycles. The van der Waals surface area contributed by atoms with Gasteiger partial charge in [-0.3, -0.25) is 9.89 Å². The minimum atomic E-state index is -0.538. The number of hydrogen-bond donors (Lipinski definition) is 2. The summed E-state index contributed by atoms with van der Waals surface area (Å²) in [4.78, 5) is 11.8. The fourth-order valence-electron chi connectivity index (χ4n) is 1.36. The van der Waals surface area contributed by atoms with Crippen LogP contribution < -0.4 is 5.32 Å². The average molecular weight is 254 g/mol. The van der Waals surface area contributed by atoms with E-state index in [-0.39, 0.29) is 5.69 Å². The molecule has 0 aliphatic rings. The molecule has 2 N–H and O–H groups in total. The molecule has 0 bridgehead atoms. The van der Waals surface area contributed by atoms with Crippen LogP contribution in [0.25, 0.3) is 0 Å². The maximum absolute atomic E-state index is 13.4. The summed E-state index contributed by atoms with van der Waals surface area (Å²) >= 11 is 5.72. The van der Waals surface area contributed by atoms with Crippen molar-refractivity contribution in [1.29, 1.82) is 0 Å². The molecule has 0 aliphatic carbocycles. The quantitative estimate of drug-likeness (QED) is 0.865. The first-order chi connectivity index (χ1) is 8.08. The number of carbonyl (C=O) groups is 1. The van der Waals surface area contributed by atoms with E-state index in [0.29, 0.717) is 16.3 Å². The Kier molecular flexibility index (Phi) is 3.10. The highest BCUT2D eigenvalue weighted by Crippen LogP contribution is 2.20. The van der Waals surface area contributed by atoms with Gasteiger partial charge in [-0.1, -0.05) is 11.6 Å². The van der Waals surface area contributed by atoms with Gasteiger partial charge in [0.25, 0.3) is 5.91 Å². The number of anilines is 1. The number of carbonyl (C=O) groups excluding carboxylic acids is 1. The number of halogens is 2. The van der Waals surface area contributed by atoms with Gasteiger partial charge in [-0.25, -0.2) is 4.39 Å². The maximum Gasteiger partial charge on any atom is 0.259 e. The number of H-pyrrole nitrogens is 1. The largest absolute Gasteiger partial charge is 0.319 e. The Bertz CT molecular complexity index is 568. The van der Waals surface area contributed by atoms with Gasteiger partial charge < -0.3 is 5.32 Å². The van der Waals surface area contributed by atoms with Gasteiger partial charge in [0.1, 0.15) is 5.82 Å². The minimum absolute atomic E-state index is 0.0445. The molecule has 2 aromatic rings. The highest BCUT2D eigenvalue weighted by molar-refractivity contribution is 6.31. The number of aromatic amines is 1. The summed E-state index contributed by atoms with van der Waals surface area (Å²) in [6.45, 7) is 1.70. The van der Waals surface area contributed by atoms with Gasteiger partial charge >= 0.3 is 0 Å². The van der Waals surface area contributed by atoms with Gasteiger partial charge in [-0.2, -0.15) is 5.10 Å². The van der Waals surface area contributed by atoms with Crippen LogP contribution in [0.1, 0.15) is 16.1 Å². The van der Waals surface area contributed by atoms with E-state index in [0.717, 1.165) is 0 Å². The van der Waals surface area contributed by atoms with E-state index < -0.39 is 11.7 Å². The first kappa shape index (κ1) is 11.6. The number of nitrogens with zero attached hydrogens (tertiary/aromatic N) is 1. The Balaban J connectivity index is 2.24. The molecule has 17 heavy (non-hydrogen) atoms. The Labute approximate surface area is 102 Å². The predicted molar refractivity (Wildman–Crippen MR) is 62.7 cm³/mol. The minimum Gasteiger partial charge on any atom is -0.319 e. The van der Waals surface area contributed by atoms with Crippen LogP contribution >= 0.6 is 11.6 Å². The zero-order chi connectivity index (χ0) is 12.4. The van der Waals surface area contributed by atoms with E-state index in [9.17, 15) is 9.18 Å². The van der Waals surface area contributed by atoms with Crippen LogP contribution in [0.5, 0.6) is 0 Å². The lowest BCUT2D eigenvalue weighted by Gasteiger charge is -2.05. The fraction of sp³-hybridized carbons (Fsp3) is 0.0909.